The summed E-state index contributed by atoms with van der Waals surface area (Å²) in [6.45, 7) is 4.35. The van der Waals surface area contributed by atoms with Gasteiger partial charge in [0.1, 0.15) is 5.75 Å². The molecule has 200 valence electrons. The average molecular weight is 539 g/mol. The molecule has 2 aromatic rings. The molecule has 0 heterocycles. The zero-order valence-corrected chi connectivity index (χ0v) is 24.8. The van der Waals surface area contributed by atoms with Crippen LogP contribution in [0.3, 0.4) is 0 Å². The van der Waals surface area contributed by atoms with E-state index in [0.29, 0.717) is 24.0 Å². The van der Waals surface area contributed by atoms with Crippen LogP contribution < -0.4 is 10.2 Å². The number of aromatic carboxylic acids is 2. The van der Waals surface area contributed by atoms with Crippen molar-refractivity contribution in [3.8, 4) is 11.5 Å². The quantitative estimate of drug-likeness (QED) is 0.211. The molecule has 0 spiro atoms. The van der Waals surface area contributed by atoms with Crippen molar-refractivity contribution in [2.24, 2.45) is 0 Å². The molecule has 0 amide bonds. The van der Waals surface area contributed by atoms with Crippen LogP contribution in [-0.2, 0) is 12.8 Å². The third kappa shape index (κ3) is 14.1. The Hall–Kier alpha value is -1.76. The van der Waals surface area contributed by atoms with Gasteiger partial charge in [-0.3, -0.25) is 0 Å². The average Bonchev–Trinajstić information content (AvgIpc) is 2.85. The van der Waals surface area contributed by atoms with E-state index in [2.05, 4.69) is 13.8 Å². The number of benzene rings is 2. The number of phenols is 1. The number of hydrogen-bond donors (Lipinski definition) is 2. The molecule has 0 saturated carbocycles. The monoisotopic (exact) mass is 538 g/mol. The van der Waals surface area contributed by atoms with Gasteiger partial charge in [-0.05, 0) is 48.9 Å². The number of unbranched alkanes of at least 4 members (excludes halogenated alkanes) is 10. The zero-order valence-electron chi connectivity index (χ0n) is 22.6. The van der Waals surface area contributed by atoms with Crippen molar-refractivity contribution >= 4 is 49.7 Å². The molecule has 0 aliphatic carbocycles. The summed E-state index contributed by atoms with van der Waals surface area (Å²) in [5, 5.41) is 41.3. The van der Waals surface area contributed by atoms with Gasteiger partial charge < -0.3 is 25.2 Å². The Kier molecular flexibility index (Phi) is 20.2. The topological polar surface area (TPSA) is 121 Å². The molecule has 2 N–H and O–H groups in total. The molecule has 0 bridgehead atoms. The normalized spacial score (nSPS) is 10.2. The van der Waals surface area contributed by atoms with E-state index in [1.54, 1.807) is 18.2 Å². The summed E-state index contributed by atoms with van der Waals surface area (Å²) in [7, 11) is 0. The summed E-state index contributed by atoms with van der Waals surface area (Å²) in [5.41, 5.74) is 1.24. The molecule has 2 aromatic carbocycles. The second kappa shape index (κ2) is 21.2. The molecule has 0 aliphatic rings. The predicted octanol–water partition coefficient (Wildman–Crippen LogP) is 5.64. The third-order valence-corrected chi connectivity index (χ3v) is 6.30. The van der Waals surface area contributed by atoms with Crippen molar-refractivity contribution < 1.29 is 30.0 Å². The van der Waals surface area contributed by atoms with Crippen molar-refractivity contribution in [2.75, 3.05) is 0 Å². The summed E-state index contributed by atoms with van der Waals surface area (Å²) >= 11 is 0. The molecule has 37 heavy (non-hydrogen) atoms. The van der Waals surface area contributed by atoms with Gasteiger partial charge in [-0.2, -0.15) is 0 Å². The van der Waals surface area contributed by atoms with Crippen LogP contribution in [0.5, 0.6) is 11.5 Å². The number of carboxylic acids is 2. The molecule has 0 fully saturated rings. The van der Waals surface area contributed by atoms with E-state index in [9.17, 15) is 24.9 Å². The van der Waals surface area contributed by atoms with E-state index >= 15 is 0 Å². The number of phenolic OH excluding ortho intramolecular Hbond substituents is 1. The van der Waals surface area contributed by atoms with Crippen LogP contribution in [-0.4, -0.2) is 59.9 Å². The molecule has 0 aliphatic heterocycles. The van der Waals surface area contributed by atoms with Gasteiger partial charge in [0.05, 0.1) is 11.5 Å². The fourth-order valence-corrected chi connectivity index (χ4v) is 4.22. The molecule has 0 radical (unpaired) electrons. The van der Waals surface area contributed by atoms with Gasteiger partial charge >= 0.3 is 43.7 Å². The smallest absolute Gasteiger partial charge is 0.872 e. The standard InChI is InChI=1S/2C15H22O3.Ca/c2*1-2-3-4-5-6-7-9-12-13(15(17)18)10-8-11-14(12)16;/h2*8,10-11,16H,2-7,9H2,1H3,(H,17,18);/q;;+2/p-2. The minimum Gasteiger partial charge on any atom is -0.872 e. The fraction of sp³-hybridized carbons (Fsp3) is 0.533. The first kappa shape index (κ1) is 35.2. The minimum atomic E-state index is -1.26. The maximum atomic E-state index is 11.6. The Morgan fingerprint density at radius 3 is 1.68 bits per heavy atom. The van der Waals surface area contributed by atoms with Crippen molar-refractivity contribution in [3.05, 3.63) is 58.7 Å². The summed E-state index contributed by atoms with van der Waals surface area (Å²) in [6.07, 6.45) is 14.8. The van der Waals surface area contributed by atoms with E-state index in [0.717, 1.165) is 32.1 Å². The van der Waals surface area contributed by atoms with Crippen LogP contribution in [0.15, 0.2) is 36.4 Å². The summed E-state index contributed by atoms with van der Waals surface area (Å²) in [4.78, 5) is 21.9. The van der Waals surface area contributed by atoms with Gasteiger partial charge in [0.15, 0.2) is 0 Å². The number of rotatable bonds is 16. The van der Waals surface area contributed by atoms with Gasteiger partial charge in [0.25, 0.3) is 0 Å². The molecule has 0 unspecified atom stereocenters. The Bertz CT molecular complexity index is 853. The molecular weight excluding hydrogens is 496 g/mol. The maximum Gasteiger partial charge on any atom is 2.00 e. The van der Waals surface area contributed by atoms with Crippen LogP contribution in [0.2, 0.25) is 0 Å². The predicted molar refractivity (Wildman–Crippen MR) is 145 cm³/mol. The van der Waals surface area contributed by atoms with Crippen LogP contribution in [0, 0.1) is 0 Å². The summed E-state index contributed by atoms with van der Waals surface area (Å²) in [6, 6.07) is 9.01. The van der Waals surface area contributed by atoms with Gasteiger partial charge in [-0.15, -0.1) is 5.75 Å². The van der Waals surface area contributed by atoms with E-state index in [1.165, 1.54) is 63.1 Å². The van der Waals surface area contributed by atoms with E-state index in [1.807, 2.05) is 0 Å². The van der Waals surface area contributed by atoms with Crippen molar-refractivity contribution in [3.63, 3.8) is 0 Å². The number of carbonyl (C=O) groups is 2. The van der Waals surface area contributed by atoms with Gasteiger partial charge in [0, 0.05) is 5.56 Å². The number of aromatic hydroxyl groups is 1. The van der Waals surface area contributed by atoms with Gasteiger partial charge in [0.2, 0.25) is 0 Å². The molecular formula is C30H42CaO6. The van der Waals surface area contributed by atoms with E-state index in [-0.39, 0.29) is 60.4 Å². The van der Waals surface area contributed by atoms with Crippen molar-refractivity contribution in [2.45, 2.75) is 104 Å². The SMILES string of the molecule is CCCCCCCCc1c(O)cccc1C(=O)O.CCCCCCCCc1c([O-])cccc1C(=O)[O-].[Ca+2]. The second-order valence-corrected chi connectivity index (χ2v) is 9.21. The minimum absolute atomic E-state index is 0. The molecule has 6 nitrogen and oxygen atoms in total. The first-order valence-corrected chi connectivity index (χ1v) is 13.4. The van der Waals surface area contributed by atoms with Gasteiger partial charge in [-0.25, -0.2) is 4.79 Å². The summed E-state index contributed by atoms with van der Waals surface area (Å²) in [5.74, 6) is -2.31. The Balaban J connectivity index is 0.000000682. The fourth-order valence-electron chi connectivity index (χ4n) is 4.22. The van der Waals surface area contributed by atoms with Crippen LogP contribution in [0.25, 0.3) is 0 Å². The van der Waals surface area contributed by atoms with E-state index in [4.69, 9.17) is 5.11 Å². The second-order valence-electron chi connectivity index (χ2n) is 9.21. The van der Waals surface area contributed by atoms with Crippen molar-refractivity contribution in [1.82, 2.24) is 0 Å². The zero-order chi connectivity index (χ0) is 26.8. The first-order chi connectivity index (χ1) is 17.3. The third-order valence-electron chi connectivity index (χ3n) is 6.30. The Labute approximate surface area is 252 Å². The van der Waals surface area contributed by atoms with Crippen LogP contribution >= 0.6 is 0 Å². The number of hydrogen-bond acceptors (Lipinski definition) is 5. The largest absolute Gasteiger partial charge is 2.00 e. The Morgan fingerprint density at radius 2 is 1.16 bits per heavy atom. The maximum absolute atomic E-state index is 11.6. The Morgan fingerprint density at radius 1 is 0.703 bits per heavy atom. The number of carboxylic acid groups (broad SMARTS) is 2. The number of carbonyl (C=O) groups excluding carboxylic acids is 1. The molecule has 2 rings (SSSR count). The summed E-state index contributed by atoms with van der Waals surface area (Å²) < 4.78 is 0. The van der Waals surface area contributed by atoms with Crippen LogP contribution in [0.1, 0.15) is 123 Å². The molecule has 0 atom stereocenters. The molecule has 0 aromatic heterocycles. The van der Waals surface area contributed by atoms with Gasteiger partial charge in [-0.1, -0.05) is 102 Å². The van der Waals surface area contributed by atoms with E-state index < -0.39 is 11.9 Å². The molecule has 0 saturated heterocycles. The first-order valence-electron chi connectivity index (χ1n) is 13.4. The van der Waals surface area contributed by atoms with Crippen LogP contribution in [0.4, 0.5) is 0 Å². The molecule has 7 heteroatoms. The van der Waals surface area contributed by atoms with Crippen molar-refractivity contribution in [1.29, 1.82) is 0 Å².